The highest BCUT2D eigenvalue weighted by atomic mass is 35.5. The molecule has 0 aliphatic rings. The van der Waals surface area contributed by atoms with Crippen molar-refractivity contribution in [1.29, 1.82) is 0 Å². The van der Waals surface area contributed by atoms with Gasteiger partial charge in [0, 0.05) is 21.8 Å². The van der Waals surface area contributed by atoms with Crippen LogP contribution in [0.15, 0.2) is 42.5 Å². The zero-order valence-corrected chi connectivity index (χ0v) is 11.8. The number of carbonyl (C=O) groups excluding carboxylic acids is 1. The van der Waals surface area contributed by atoms with Crippen LogP contribution in [-0.2, 0) is 0 Å². The highest BCUT2D eigenvalue weighted by Gasteiger charge is 2.09. The lowest BCUT2D eigenvalue weighted by atomic mass is 10.1. The van der Waals surface area contributed by atoms with Crippen LogP contribution in [0.5, 0.6) is 0 Å². The van der Waals surface area contributed by atoms with Gasteiger partial charge in [0.2, 0.25) is 0 Å². The fourth-order valence-electron chi connectivity index (χ4n) is 1.64. The Hall–Kier alpha value is -1.98. The van der Waals surface area contributed by atoms with Gasteiger partial charge in [-0.1, -0.05) is 36.0 Å². The third kappa shape index (κ3) is 3.53. The smallest absolute Gasteiger partial charge is 0.255 e. The Morgan fingerprint density at radius 1 is 1.20 bits per heavy atom. The number of thiocarbonyl (C=S) groups is 1. The van der Waals surface area contributed by atoms with Crippen LogP contribution in [0.1, 0.15) is 15.9 Å². The molecule has 6 heteroatoms. The number of nitrogens with two attached hydrogens (primary N) is 1. The normalized spacial score (nSPS) is 10.1. The Morgan fingerprint density at radius 2 is 1.90 bits per heavy atom. The summed E-state index contributed by atoms with van der Waals surface area (Å²) in [5.74, 6) is -0.922. The molecular weight excluding hydrogens is 299 g/mol. The quantitative estimate of drug-likeness (QED) is 0.855. The van der Waals surface area contributed by atoms with E-state index < -0.39 is 11.7 Å². The predicted molar refractivity (Wildman–Crippen MR) is 81.7 cm³/mol. The average molecular weight is 309 g/mol. The van der Waals surface area contributed by atoms with Gasteiger partial charge < -0.3 is 11.1 Å². The van der Waals surface area contributed by atoms with Crippen LogP contribution in [-0.4, -0.2) is 10.9 Å². The maximum Gasteiger partial charge on any atom is 0.255 e. The Bertz CT molecular complexity index is 670. The van der Waals surface area contributed by atoms with Crippen molar-refractivity contribution in [3.05, 3.63) is 64.4 Å². The monoisotopic (exact) mass is 308 g/mol. The molecule has 0 heterocycles. The molecule has 20 heavy (non-hydrogen) atoms. The molecule has 0 bridgehead atoms. The molecule has 3 nitrogen and oxygen atoms in total. The van der Waals surface area contributed by atoms with Gasteiger partial charge in [-0.05, 0) is 30.3 Å². The highest BCUT2D eigenvalue weighted by Crippen LogP contribution is 2.19. The Balaban J connectivity index is 2.23. The molecule has 0 radical (unpaired) electrons. The van der Waals surface area contributed by atoms with Gasteiger partial charge in [-0.15, -0.1) is 0 Å². The van der Waals surface area contributed by atoms with Gasteiger partial charge in [-0.25, -0.2) is 4.39 Å². The Morgan fingerprint density at radius 3 is 2.55 bits per heavy atom. The van der Waals surface area contributed by atoms with E-state index in [0.717, 1.165) is 6.07 Å². The second-order valence-corrected chi connectivity index (χ2v) is 4.93. The lowest BCUT2D eigenvalue weighted by molar-refractivity contribution is 0.102. The van der Waals surface area contributed by atoms with Crippen molar-refractivity contribution < 1.29 is 9.18 Å². The summed E-state index contributed by atoms with van der Waals surface area (Å²) in [6.07, 6.45) is 0. The highest BCUT2D eigenvalue weighted by molar-refractivity contribution is 7.80. The summed E-state index contributed by atoms with van der Waals surface area (Å²) >= 11 is 10.6. The van der Waals surface area contributed by atoms with E-state index in [1.165, 1.54) is 12.1 Å². The van der Waals surface area contributed by atoms with Crippen LogP contribution < -0.4 is 11.1 Å². The number of carbonyl (C=O) groups is 1. The van der Waals surface area contributed by atoms with E-state index in [1.54, 1.807) is 24.3 Å². The third-order valence-corrected chi connectivity index (χ3v) is 2.98. The van der Waals surface area contributed by atoms with Crippen LogP contribution in [0.25, 0.3) is 0 Å². The molecule has 2 aromatic rings. The van der Waals surface area contributed by atoms with Crippen molar-refractivity contribution in [1.82, 2.24) is 0 Å². The second kappa shape index (κ2) is 5.98. The van der Waals surface area contributed by atoms with Crippen LogP contribution in [0.3, 0.4) is 0 Å². The maximum absolute atomic E-state index is 13.2. The summed E-state index contributed by atoms with van der Waals surface area (Å²) < 4.78 is 13.2. The van der Waals surface area contributed by atoms with Crippen molar-refractivity contribution in [2.45, 2.75) is 0 Å². The summed E-state index contributed by atoms with van der Waals surface area (Å²) in [4.78, 5) is 12.3. The molecule has 102 valence electrons. The third-order valence-electron chi connectivity index (χ3n) is 2.53. The average Bonchev–Trinajstić information content (AvgIpc) is 2.37. The minimum absolute atomic E-state index is 0.202. The lowest BCUT2D eigenvalue weighted by Crippen LogP contribution is -2.14. The first-order chi connectivity index (χ1) is 9.45. The SMILES string of the molecule is NC(=S)c1cccc(C(=O)Nc2cc(F)cc(Cl)c2)c1. The van der Waals surface area contributed by atoms with Crippen molar-refractivity contribution in [3.63, 3.8) is 0 Å². The van der Waals surface area contributed by atoms with Gasteiger partial charge in [0.1, 0.15) is 10.8 Å². The number of nitrogens with one attached hydrogen (secondary N) is 1. The minimum Gasteiger partial charge on any atom is -0.389 e. The summed E-state index contributed by atoms with van der Waals surface area (Å²) in [7, 11) is 0. The fourth-order valence-corrected chi connectivity index (χ4v) is 1.99. The molecule has 2 aromatic carbocycles. The number of anilines is 1. The summed E-state index contributed by atoms with van der Waals surface area (Å²) in [5.41, 5.74) is 6.75. The van der Waals surface area contributed by atoms with Crippen LogP contribution in [0, 0.1) is 5.82 Å². The summed E-state index contributed by atoms with van der Waals surface area (Å²) in [5, 5.41) is 2.76. The van der Waals surface area contributed by atoms with Crippen molar-refractivity contribution in [2.75, 3.05) is 5.32 Å². The Labute approximate surface area is 125 Å². The van der Waals surface area contributed by atoms with Gasteiger partial charge in [-0.3, -0.25) is 4.79 Å². The molecule has 0 atom stereocenters. The molecule has 2 rings (SSSR count). The summed E-state index contributed by atoms with van der Waals surface area (Å²) in [6, 6.07) is 10.3. The summed E-state index contributed by atoms with van der Waals surface area (Å²) in [6.45, 7) is 0. The number of hydrogen-bond donors (Lipinski definition) is 2. The van der Waals surface area contributed by atoms with Gasteiger partial charge in [0.05, 0.1) is 0 Å². The molecule has 0 aliphatic heterocycles. The standard InChI is InChI=1S/C14H10ClFN2OS/c15-10-5-11(16)7-12(6-10)18-14(19)9-3-1-2-8(4-9)13(17)20/h1-7H,(H2,17,20)(H,18,19). The number of rotatable bonds is 3. The lowest BCUT2D eigenvalue weighted by Gasteiger charge is -2.07. The zero-order valence-electron chi connectivity index (χ0n) is 10.2. The van der Waals surface area contributed by atoms with E-state index in [1.807, 2.05) is 0 Å². The number of amides is 1. The molecule has 0 aliphatic carbocycles. The topological polar surface area (TPSA) is 55.1 Å². The molecule has 0 spiro atoms. The van der Waals surface area contributed by atoms with Gasteiger partial charge in [0.25, 0.3) is 5.91 Å². The van der Waals surface area contributed by atoms with Crippen molar-refractivity contribution >= 4 is 40.4 Å². The van der Waals surface area contributed by atoms with E-state index in [0.29, 0.717) is 11.1 Å². The van der Waals surface area contributed by atoms with E-state index in [-0.39, 0.29) is 15.7 Å². The molecule has 3 N–H and O–H groups in total. The first-order valence-electron chi connectivity index (χ1n) is 5.63. The maximum atomic E-state index is 13.2. The van der Waals surface area contributed by atoms with E-state index in [2.05, 4.69) is 5.32 Å². The Kier molecular flexibility index (Phi) is 4.32. The minimum atomic E-state index is -0.523. The molecule has 0 fully saturated rings. The van der Waals surface area contributed by atoms with Crippen molar-refractivity contribution in [3.8, 4) is 0 Å². The van der Waals surface area contributed by atoms with Crippen LogP contribution in [0.2, 0.25) is 5.02 Å². The van der Waals surface area contributed by atoms with E-state index in [9.17, 15) is 9.18 Å². The molecular formula is C14H10ClFN2OS. The number of halogens is 2. The van der Waals surface area contributed by atoms with Crippen molar-refractivity contribution in [2.24, 2.45) is 5.73 Å². The molecule has 0 saturated heterocycles. The molecule has 0 aromatic heterocycles. The van der Waals surface area contributed by atoms with Gasteiger partial charge in [0.15, 0.2) is 0 Å². The van der Waals surface area contributed by atoms with E-state index >= 15 is 0 Å². The first-order valence-corrected chi connectivity index (χ1v) is 6.41. The number of benzene rings is 2. The predicted octanol–water partition coefficient (Wildman–Crippen LogP) is 3.37. The van der Waals surface area contributed by atoms with E-state index in [4.69, 9.17) is 29.6 Å². The first kappa shape index (κ1) is 14.4. The molecule has 0 unspecified atom stereocenters. The molecule has 1 amide bonds. The largest absolute Gasteiger partial charge is 0.389 e. The second-order valence-electron chi connectivity index (χ2n) is 4.06. The van der Waals surface area contributed by atoms with Gasteiger partial charge in [-0.2, -0.15) is 0 Å². The zero-order chi connectivity index (χ0) is 14.7. The number of hydrogen-bond acceptors (Lipinski definition) is 2. The fraction of sp³-hybridized carbons (Fsp3) is 0. The van der Waals surface area contributed by atoms with Crippen LogP contribution in [0.4, 0.5) is 10.1 Å². The van der Waals surface area contributed by atoms with Crippen LogP contribution >= 0.6 is 23.8 Å². The molecule has 0 saturated carbocycles. The van der Waals surface area contributed by atoms with Gasteiger partial charge >= 0.3 is 0 Å².